The van der Waals surface area contributed by atoms with E-state index in [0.29, 0.717) is 0 Å². The Bertz CT molecular complexity index is 722. The predicted molar refractivity (Wildman–Crippen MR) is 105 cm³/mol. The second-order valence-electron chi connectivity index (χ2n) is 5.90. The molecule has 0 aliphatic heterocycles. The summed E-state index contributed by atoms with van der Waals surface area (Å²) in [6.07, 6.45) is 10.5. The molecule has 2 heteroatoms. The van der Waals surface area contributed by atoms with E-state index in [0.717, 1.165) is 25.4 Å². The zero-order valence-corrected chi connectivity index (χ0v) is 14.3. The topological polar surface area (TPSA) is 16.4 Å². The maximum absolute atomic E-state index is 5.50. The van der Waals surface area contributed by atoms with Gasteiger partial charge in [0, 0.05) is 13.1 Å². The predicted octanol–water partition coefficient (Wildman–Crippen LogP) is 5.51. The van der Waals surface area contributed by atoms with Gasteiger partial charge in [-0.05, 0) is 23.3 Å². The summed E-state index contributed by atoms with van der Waals surface area (Å²) in [5.74, 6) is 0.987. The van der Waals surface area contributed by atoms with Crippen molar-refractivity contribution >= 4 is 12.2 Å². The number of furan rings is 1. The number of benzene rings is 2. The van der Waals surface area contributed by atoms with Gasteiger partial charge in [0.15, 0.2) is 0 Å². The second-order valence-corrected chi connectivity index (χ2v) is 5.90. The van der Waals surface area contributed by atoms with Gasteiger partial charge in [-0.25, -0.2) is 0 Å². The van der Waals surface area contributed by atoms with Gasteiger partial charge in [-0.3, -0.25) is 4.90 Å². The minimum atomic E-state index is 0.797. The van der Waals surface area contributed by atoms with Gasteiger partial charge in [-0.15, -0.1) is 0 Å². The molecule has 0 radical (unpaired) electrons. The van der Waals surface area contributed by atoms with Crippen molar-refractivity contribution in [1.29, 1.82) is 0 Å². The zero-order chi connectivity index (χ0) is 17.2. The highest BCUT2D eigenvalue weighted by molar-refractivity contribution is 5.49. The van der Waals surface area contributed by atoms with E-state index < -0.39 is 0 Å². The van der Waals surface area contributed by atoms with Crippen molar-refractivity contribution in [3.05, 3.63) is 108 Å². The summed E-state index contributed by atoms with van der Waals surface area (Å²) in [6.45, 7) is 2.54. The van der Waals surface area contributed by atoms with Crippen LogP contribution in [0.1, 0.15) is 16.9 Å². The molecule has 3 rings (SSSR count). The van der Waals surface area contributed by atoms with E-state index >= 15 is 0 Å². The Morgan fingerprint density at radius 2 is 1.24 bits per heavy atom. The summed E-state index contributed by atoms with van der Waals surface area (Å²) in [5, 5.41) is 0. The van der Waals surface area contributed by atoms with Crippen LogP contribution in [-0.2, 0) is 6.54 Å². The molecule has 1 aromatic heterocycles. The molecule has 0 atom stereocenters. The van der Waals surface area contributed by atoms with Gasteiger partial charge in [0.25, 0.3) is 0 Å². The molecular weight excluding hydrogens is 306 g/mol. The molecular formula is C23H23NO. The molecule has 0 saturated carbocycles. The standard InChI is InChI=1S/C23H23NO/c1-3-10-21(11-4-1)14-7-17-24(20-23-16-9-19-25-23)18-8-15-22-12-5-2-6-13-22/h1-16,19H,17-18,20H2/b14-7-,15-8-. The lowest BCUT2D eigenvalue weighted by molar-refractivity contribution is 0.295. The Morgan fingerprint density at radius 3 is 1.72 bits per heavy atom. The molecule has 0 unspecified atom stereocenters. The van der Waals surface area contributed by atoms with E-state index in [1.54, 1.807) is 6.26 Å². The molecule has 1 heterocycles. The van der Waals surface area contributed by atoms with Gasteiger partial charge in [0.05, 0.1) is 12.8 Å². The first-order valence-electron chi connectivity index (χ1n) is 8.58. The Labute approximate surface area is 149 Å². The van der Waals surface area contributed by atoms with E-state index in [9.17, 15) is 0 Å². The van der Waals surface area contributed by atoms with E-state index in [1.165, 1.54) is 11.1 Å². The molecule has 0 saturated heterocycles. The molecule has 0 aliphatic carbocycles. The average Bonchev–Trinajstić information content (AvgIpc) is 3.16. The largest absolute Gasteiger partial charge is 0.468 e. The molecule has 126 valence electrons. The molecule has 0 bridgehead atoms. The third kappa shape index (κ3) is 5.94. The first-order valence-corrected chi connectivity index (χ1v) is 8.58. The fourth-order valence-electron chi connectivity index (χ4n) is 2.63. The summed E-state index contributed by atoms with van der Waals surface area (Å²) in [7, 11) is 0. The summed E-state index contributed by atoms with van der Waals surface area (Å²) >= 11 is 0. The second kappa shape index (κ2) is 9.45. The van der Waals surface area contributed by atoms with E-state index in [-0.39, 0.29) is 0 Å². The molecule has 25 heavy (non-hydrogen) atoms. The van der Waals surface area contributed by atoms with Crippen molar-refractivity contribution < 1.29 is 4.42 Å². The lowest BCUT2D eigenvalue weighted by Crippen LogP contribution is -2.23. The first kappa shape index (κ1) is 17.0. The van der Waals surface area contributed by atoms with Crippen LogP contribution in [0, 0.1) is 0 Å². The Hall–Kier alpha value is -2.84. The van der Waals surface area contributed by atoms with Crippen molar-refractivity contribution in [3.8, 4) is 0 Å². The third-order valence-electron chi connectivity index (χ3n) is 3.91. The van der Waals surface area contributed by atoms with Crippen LogP contribution < -0.4 is 0 Å². The smallest absolute Gasteiger partial charge is 0.117 e. The van der Waals surface area contributed by atoms with Crippen molar-refractivity contribution in [3.63, 3.8) is 0 Å². The number of nitrogens with zero attached hydrogens (tertiary/aromatic N) is 1. The third-order valence-corrected chi connectivity index (χ3v) is 3.91. The van der Waals surface area contributed by atoms with Crippen molar-refractivity contribution in [2.45, 2.75) is 6.54 Å². The lowest BCUT2D eigenvalue weighted by Gasteiger charge is -2.17. The highest BCUT2D eigenvalue weighted by atomic mass is 16.3. The molecule has 2 nitrogen and oxygen atoms in total. The molecule has 0 N–H and O–H groups in total. The van der Waals surface area contributed by atoms with E-state index in [2.05, 4.69) is 77.7 Å². The molecule has 0 spiro atoms. The number of rotatable bonds is 8. The van der Waals surface area contributed by atoms with Crippen LogP contribution in [0.15, 0.2) is 95.6 Å². The van der Waals surface area contributed by atoms with Crippen LogP contribution in [0.3, 0.4) is 0 Å². The van der Waals surface area contributed by atoms with Crippen molar-refractivity contribution in [2.24, 2.45) is 0 Å². The molecule has 0 amide bonds. The normalized spacial score (nSPS) is 11.7. The maximum atomic E-state index is 5.50. The van der Waals surface area contributed by atoms with Gasteiger partial charge in [-0.1, -0.05) is 85.0 Å². The van der Waals surface area contributed by atoms with E-state index in [4.69, 9.17) is 4.42 Å². The summed E-state index contributed by atoms with van der Waals surface area (Å²) in [6, 6.07) is 24.7. The van der Waals surface area contributed by atoms with Crippen LogP contribution in [0.25, 0.3) is 12.2 Å². The van der Waals surface area contributed by atoms with Gasteiger partial charge >= 0.3 is 0 Å². The summed E-state index contributed by atoms with van der Waals surface area (Å²) < 4.78 is 5.50. The Morgan fingerprint density at radius 1 is 0.680 bits per heavy atom. The fraction of sp³-hybridized carbons (Fsp3) is 0.130. The van der Waals surface area contributed by atoms with Crippen molar-refractivity contribution in [2.75, 3.05) is 13.1 Å². The highest BCUT2D eigenvalue weighted by Crippen LogP contribution is 2.08. The van der Waals surface area contributed by atoms with Crippen LogP contribution in [-0.4, -0.2) is 18.0 Å². The van der Waals surface area contributed by atoms with Gasteiger partial charge < -0.3 is 4.42 Å². The van der Waals surface area contributed by atoms with Crippen LogP contribution in [0.4, 0.5) is 0 Å². The molecule has 2 aromatic carbocycles. The monoisotopic (exact) mass is 329 g/mol. The summed E-state index contributed by atoms with van der Waals surface area (Å²) in [5.41, 5.74) is 2.44. The Balaban J connectivity index is 1.60. The quantitative estimate of drug-likeness (QED) is 0.542. The molecule has 3 aromatic rings. The highest BCUT2D eigenvalue weighted by Gasteiger charge is 2.04. The number of hydrogen-bond donors (Lipinski definition) is 0. The van der Waals surface area contributed by atoms with Crippen LogP contribution in [0.5, 0.6) is 0 Å². The average molecular weight is 329 g/mol. The SMILES string of the molecule is C(=C/c1ccccc1)/CN(C/C=C\c1ccccc1)Cc1ccco1. The Kier molecular flexibility index (Phi) is 6.43. The summed E-state index contributed by atoms with van der Waals surface area (Å²) in [4.78, 5) is 2.34. The van der Waals surface area contributed by atoms with Gasteiger partial charge in [-0.2, -0.15) is 0 Å². The van der Waals surface area contributed by atoms with Crippen molar-refractivity contribution in [1.82, 2.24) is 4.90 Å². The van der Waals surface area contributed by atoms with E-state index in [1.807, 2.05) is 24.3 Å². The molecule has 0 fully saturated rings. The lowest BCUT2D eigenvalue weighted by atomic mass is 10.2. The maximum Gasteiger partial charge on any atom is 0.117 e. The van der Waals surface area contributed by atoms with Gasteiger partial charge in [0.1, 0.15) is 5.76 Å². The fourth-order valence-corrected chi connectivity index (χ4v) is 2.63. The van der Waals surface area contributed by atoms with Gasteiger partial charge in [0.2, 0.25) is 0 Å². The molecule has 0 aliphatic rings. The minimum absolute atomic E-state index is 0.797. The zero-order valence-electron chi connectivity index (χ0n) is 14.3. The first-order chi connectivity index (χ1) is 12.4. The van der Waals surface area contributed by atoms with Crippen LogP contribution in [0.2, 0.25) is 0 Å². The number of hydrogen-bond acceptors (Lipinski definition) is 2. The minimum Gasteiger partial charge on any atom is -0.468 e. The van der Waals surface area contributed by atoms with Crippen LogP contribution >= 0.6 is 0 Å².